The van der Waals surface area contributed by atoms with Crippen LogP contribution >= 0.6 is 24.8 Å². The van der Waals surface area contributed by atoms with Crippen molar-refractivity contribution in [2.75, 3.05) is 13.1 Å². The van der Waals surface area contributed by atoms with Gasteiger partial charge in [0, 0.05) is 38.1 Å². The highest BCUT2D eigenvalue weighted by atomic mass is 35.5. The van der Waals surface area contributed by atoms with Gasteiger partial charge < -0.3 is 11.1 Å². The number of nitrogens with two attached hydrogens (primary N) is 1. The second-order valence-corrected chi connectivity index (χ2v) is 6.12. The first-order valence-corrected chi connectivity index (χ1v) is 7.94. The molecule has 2 rings (SSSR count). The first-order valence-electron chi connectivity index (χ1n) is 7.94. The minimum absolute atomic E-state index is 0. The lowest BCUT2D eigenvalue weighted by Crippen LogP contribution is -2.44. The van der Waals surface area contributed by atoms with Crippen molar-refractivity contribution in [3.63, 3.8) is 0 Å². The van der Waals surface area contributed by atoms with Crippen LogP contribution in [0.15, 0.2) is 30.3 Å². The van der Waals surface area contributed by atoms with Gasteiger partial charge in [0.15, 0.2) is 0 Å². The third-order valence-electron chi connectivity index (χ3n) is 4.03. The Morgan fingerprint density at radius 2 is 1.87 bits per heavy atom. The maximum Gasteiger partial charge on any atom is 0.220 e. The summed E-state index contributed by atoms with van der Waals surface area (Å²) in [5.41, 5.74) is 7.04. The third-order valence-corrected chi connectivity index (χ3v) is 4.03. The van der Waals surface area contributed by atoms with Crippen LogP contribution in [0.25, 0.3) is 0 Å². The number of halogens is 2. The predicted molar refractivity (Wildman–Crippen MR) is 100 cm³/mol. The molecule has 1 saturated heterocycles. The Morgan fingerprint density at radius 1 is 1.26 bits per heavy atom. The van der Waals surface area contributed by atoms with Crippen LogP contribution < -0.4 is 11.1 Å². The number of benzene rings is 1. The van der Waals surface area contributed by atoms with Gasteiger partial charge >= 0.3 is 0 Å². The second-order valence-electron chi connectivity index (χ2n) is 6.12. The van der Waals surface area contributed by atoms with Gasteiger partial charge in [-0.25, -0.2) is 0 Å². The van der Waals surface area contributed by atoms with Crippen LogP contribution in [0.1, 0.15) is 38.2 Å². The van der Waals surface area contributed by atoms with E-state index in [1.807, 2.05) is 13.0 Å². The maximum absolute atomic E-state index is 11.8. The quantitative estimate of drug-likeness (QED) is 0.818. The molecule has 1 fully saturated rings. The summed E-state index contributed by atoms with van der Waals surface area (Å²) in [4.78, 5) is 14.3. The molecule has 1 aliphatic rings. The molecule has 23 heavy (non-hydrogen) atoms. The van der Waals surface area contributed by atoms with Crippen LogP contribution in [-0.2, 0) is 11.3 Å². The first-order chi connectivity index (χ1) is 10.1. The Hall–Kier alpha value is -0.810. The minimum atomic E-state index is 0. The predicted octanol–water partition coefficient (Wildman–Crippen LogP) is 2.74. The summed E-state index contributed by atoms with van der Waals surface area (Å²) in [5, 5.41) is 3.14. The van der Waals surface area contributed by atoms with Crippen molar-refractivity contribution < 1.29 is 4.79 Å². The van der Waals surface area contributed by atoms with Crippen LogP contribution in [0, 0.1) is 0 Å². The van der Waals surface area contributed by atoms with Gasteiger partial charge in [-0.15, -0.1) is 24.8 Å². The lowest BCUT2D eigenvalue weighted by atomic mass is 10.0. The monoisotopic (exact) mass is 361 g/mol. The summed E-state index contributed by atoms with van der Waals surface area (Å²) < 4.78 is 0. The number of amides is 1. The SMILES string of the molecule is CC(N)CCC(=O)NC1CCN(Cc2ccccc2)CC1.Cl.Cl. The molecular weight excluding hydrogens is 333 g/mol. The Morgan fingerprint density at radius 3 is 2.43 bits per heavy atom. The van der Waals surface area contributed by atoms with E-state index in [4.69, 9.17) is 5.73 Å². The zero-order valence-electron chi connectivity index (χ0n) is 13.7. The number of nitrogens with one attached hydrogen (secondary N) is 1. The van der Waals surface area contributed by atoms with Gasteiger partial charge in [-0.2, -0.15) is 0 Å². The van der Waals surface area contributed by atoms with Gasteiger partial charge in [0.2, 0.25) is 5.91 Å². The highest BCUT2D eigenvalue weighted by Crippen LogP contribution is 2.14. The lowest BCUT2D eigenvalue weighted by molar-refractivity contribution is -0.122. The molecular formula is C17H29Cl2N3O. The van der Waals surface area contributed by atoms with Crippen LogP contribution in [0.5, 0.6) is 0 Å². The number of piperidine rings is 1. The zero-order valence-corrected chi connectivity index (χ0v) is 15.4. The van der Waals surface area contributed by atoms with Gasteiger partial charge in [-0.05, 0) is 31.7 Å². The molecule has 1 aromatic rings. The van der Waals surface area contributed by atoms with E-state index in [0.29, 0.717) is 12.5 Å². The number of carbonyl (C=O) groups excluding carboxylic acids is 1. The van der Waals surface area contributed by atoms with E-state index in [-0.39, 0.29) is 36.8 Å². The summed E-state index contributed by atoms with van der Waals surface area (Å²) in [6.45, 7) is 5.04. The molecule has 1 unspecified atom stereocenters. The number of hydrogen-bond donors (Lipinski definition) is 2. The summed E-state index contributed by atoms with van der Waals surface area (Å²) in [6, 6.07) is 11.0. The Kier molecular flexibility index (Phi) is 11.3. The van der Waals surface area contributed by atoms with Crippen LogP contribution in [0.2, 0.25) is 0 Å². The average Bonchev–Trinajstić information content (AvgIpc) is 2.48. The van der Waals surface area contributed by atoms with E-state index < -0.39 is 0 Å². The number of nitrogens with zero attached hydrogens (tertiary/aromatic N) is 1. The van der Waals surface area contributed by atoms with Crippen molar-refractivity contribution in [1.29, 1.82) is 0 Å². The molecule has 132 valence electrons. The molecule has 1 amide bonds. The molecule has 0 spiro atoms. The van der Waals surface area contributed by atoms with Crippen molar-refractivity contribution in [1.82, 2.24) is 10.2 Å². The molecule has 0 saturated carbocycles. The molecule has 0 bridgehead atoms. The van der Waals surface area contributed by atoms with E-state index in [1.54, 1.807) is 0 Å². The molecule has 0 aliphatic carbocycles. The summed E-state index contributed by atoms with van der Waals surface area (Å²) in [7, 11) is 0. The molecule has 1 atom stereocenters. The molecule has 1 aliphatic heterocycles. The average molecular weight is 362 g/mol. The van der Waals surface area contributed by atoms with Gasteiger partial charge in [0.05, 0.1) is 0 Å². The van der Waals surface area contributed by atoms with Gasteiger partial charge in [-0.3, -0.25) is 9.69 Å². The number of rotatable bonds is 6. The van der Waals surface area contributed by atoms with Gasteiger partial charge in [0.25, 0.3) is 0 Å². The molecule has 4 nitrogen and oxygen atoms in total. The molecule has 1 aromatic carbocycles. The third kappa shape index (κ3) is 8.56. The van der Waals surface area contributed by atoms with E-state index in [9.17, 15) is 4.79 Å². The fourth-order valence-electron chi connectivity index (χ4n) is 2.74. The van der Waals surface area contributed by atoms with Gasteiger partial charge in [-0.1, -0.05) is 30.3 Å². The lowest BCUT2D eigenvalue weighted by Gasteiger charge is -2.32. The van der Waals surface area contributed by atoms with Crippen LogP contribution in [0.3, 0.4) is 0 Å². The number of hydrogen-bond acceptors (Lipinski definition) is 3. The normalized spacial score (nSPS) is 16.8. The largest absolute Gasteiger partial charge is 0.353 e. The fraction of sp³-hybridized carbons (Fsp3) is 0.588. The highest BCUT2D eigenvalue weighted by molar-refractivity contribution is 5.85. The van der Waals surface area contributed by atoms with Crippen molar-refractivity contribution >= 4 is 30.7 Å². The van der Waals surface area contributed by atoms with E-state index >= 15 is 0 Å². The summed E-state index contributed by atoms with van der Waals surface area (Å²) in [6.07, 6.45) is 3.38. The van der Waals surface area contributed by atoms with E-state index in [0.717, 1.165) is 38.9 Å². The minimum Gasteiger partial charge on any atom is -0.353 e. The summed E-state index contributed by atoms with van der Waals surface area (Å²) in [5.74, 6) is 0.147. The number of carbonyl (C=O) groups is 1. The first kappa shape index (κ1) is 22.2. The Labute approximate surface area is 152 Å². The topological polar surface area (TPSA) is 58.4 Å². The molecule has 0 radical (unpaired) electrons. The van der Waals surface area contributed by atoms with Crippen LogP contribution in [-0.4, -0.2) is 36.0 Å². The van der Waals surface area contributed by atoms with Gasteiger partial charge in [0.1, 0.15) is 0 Å². The van der Waals surface area contributed by atoms with Crippen LogP contribution in [0.4, 0.5) is 0 Å². The fourth-order valence-corrected chi connectivity index (χ4v) is 2.74. The second kappa shape index (κ2) is 11.7. The number of likely N-dealkylation sites (tertiary alicyclic amines) is 1. The van der Waals surface area contributed by atoms with Crippen molar-refractivity contribution in [2.45, 2.75) is 51.2 Å². The Balaban J connectivity index is 0.00000242. The highest BCUT2D eigenvalue weighted by Gasteiger charge is 2.20. The van der Waals surface area contributed by atoms with Crippen molar-refractivity contribution in [3.05, 3.63) is 35.9 Å². The maximum atomic E-state index is 11.8. The van der Waals surface area contributed by atoms with E-state index in [1.165, 1.54) is 5.56 Å². The van der Waals surface area contributed by atoms with Crippen molar-refractivity contribution in [3.8, 4) is 0 Å². The molecule has 0 aromatic heterocycles. The van der Waals surface area contributed by atoms with Crippen molar-refractivity contribution in [2.24, 2.45) is 5.73 Å². The smallest absolute Gasteiger partial charge is 0.220 e. The molecule has 6 heteroatoms. The summed E-state index contributed by atoms with van der Waals surface area (Å²) >= 11 is 0. The Bertz CT molecular complexity index is 435. The molecule has 1 heterocycles. The standard InChI is InChI=1S/C17H27N3O.2ClH/c1-14(18)7-8-17(21)19-16-9-11-20(12-10-16)13-15-5-3-2-4-6-15;;/h2-6,14,16H,7-13,18H2,1H3,(H,19,21);2*1H. The van der Waals surface area contributed by atoms with E-state index in [2.05, 4.69) is 34.5 Å². The molecule has 3 N–H and O–H groups in total. The zero-order chi connectivity index (χ0) is 15.1.